The molecule has 0 bridgehead atoms. The smallest absolute Gasteiger partial charge is 0.159 e. The Kier molecular flexibility index (Phi) is 5.41. The van der Waals surface area contributed by atoms with Crippen LogP contribution in [0.3, 0.4) is 0 Å². The maximum Gasteiger partial charge on any atom is 0.159 e. The van der Waals surface area contributed by atoms with Crippen LogP contribution in [0.25, 0.3) is 0 Å². The third-order valence-corrected chi connectivity index (χ3v) is 3.90. The zero-order chi connectivity index (χ0) is 17.6. The second-order valence-corrected chi connectivity index (χ2v) is 5.82. The van der Waals surface area contributed by atoms with Gasteiger partial charge in [0.15, 0.2) is 11.6 Å². The molecule has 2 nitrogen and oxygen atoms in total. The van der Waals surface area contributed by atoms with E-state index in [1.807, 2.05) is 36.4 Å². The maximum absolute atomic E-state index is 13.3. The van der Waals surface area contributed by atoms with Crippen molar-refractivity contribution in [1.29, 1.82) is 0 Å². The van der Waals surface area contributed by atoms with Crippen LogP contribution in [-0.2, 0) is 13.0 Å². The summed E-state index contributed by atoms with van der Waals surface area (Å²) in [6, 6.07) is 20.6. The molecule has 128 valence electrons. The molecule has 0 spiro atoms. The Morgan fingerprint density at radius 2 is 1.60 bits per heavy atom. The number of hydrogen-bond acceptors (Lipinski definition) is 2. The summed E-state index contributed by atoms with van der Waals surface area (Å²) in [6.45, 7) is 0.434. The van der Waals surface area contributed by atoms with Gasteiger partial charge in [-0.05, 0) is 41.0 Å². The molecule has 0 amide bonds. The number of benzene rings is 3. The van der Waals surface area contributed by atoms with Crippen molar-refractivity contribution >= 4 is 0 Å². The van der Waals surface area contributed by atoms with Gasteiger partial charge in [0.25, 0.3) is 0 Å². The van der Waals surface area contributed by atoms with Gasteiger partial charge in [-0.3, -0.25) is 0 Å². The summed E-state index contributed by atoms with van der Waals surface area (Å²) < 4.78 is 32.0. The number of hydrogen-bond donors (Lipinski definition) is 1. The fourth-order valence-corrected chi connectivity index (χ4v) is 2.56. The van der Waals surface area contributed by atoms with E-state index < -0.39 is 17.7 Å². The van der Waals surface area contributed by atoms with E-state index in [0.717, 1.165) is 17.7 Å². The number of aliphatic hydroxyl groups is 1. The molecule has 0 aromatic heterocycles. The normalized spacial score (nSPS) is 12.0. The lowest BCUT2D eigenvalue weighted by molar-refractivity contribution is 0.177. The molecule has 0 saturated heterocycles. The van der Waals surface area contributed by atoms with E-state index in [9.17, 15) is 13.9 Å². The molecule has 0 heterocycles. The Labute approximate surface area is 145 Å². The number of ether oxygens (including phenoxy) is 1. The molecule has 3 rings (SSSR count). The summed E-state index contributed by atoms with van der Waals surface area (Å²) in [4.78, 5) is 0. The van der Waals surface area contributed by atoms with E-state index in [1.54, 1.807) is 18.2 Å². The first kappa shape index (κ1) is 17.1. The molecule has 1 atom stereocenters. The van der Waals surface area contributed by atoms with Crippen molar-refractivity contribution in [3.63, 3.8) is 0 Å². The predicted octanol–water partition coefficient (Wildman–Crippen LogP) is 4.82. The van der Waals surface area contributed by atoms with Gasteiger partial charge in [0.05, 0.1) is 6.10 Å². The van der Waals surface area contributed by atoms with Crippen LogP contribution in [0.15, 0.2) is 72.8 Å². The highest BCUT2D eigenvalue weighted by molar-refractivity contribution is 5.31. The molecule has 0 aliphatic heterocycles. The molecule has 3 aromatic rings. The maximum atomic E-state index is 13.3. The van der Waals surface area contributed by atoms with Crippen molar-refractivity contribution in [2.45, 2.75) is 19.1 Å². The number of aliphatic hydroxyl groups excluding tert-OH is 1. The predicted molar refractivity (Wildman–Crippen MR) is 92.2 cm³/mol. The van der Waals surface area contributed by atoms with Gasteiger partial charge < -0.3 is 9.84 Å². The molecule has 1 unspecified atom stereocenters. The second kappa shape index (κ2) is 7.90. The zero-order valence-corrected chi connectivity index (χ0v) is 13.5. The van der Waals surface area contributed by atoms with Crippen LogP contribution < -0.4 is 4.74 Å². The van der Waals surface area contributed by atoms with Crippen molar-refractivity contribution in [3.8, 4) is 5.75 Å². The van der Waals surface area contributed by atoms with Crippen LogP contribution in [0.1, 0.15) is 22.8 Å². The van der Waals surface area contributed by atoms with Gasteiger partial charge in [0.2, 0.25) is 0 Å². The SMILES string of the molecule is OC(Cc1ccc(F)c(F)c1)c1cccc(OCc2ccccc2)c1. The van der Waals surface area contributed by atoms with Crippen LogP contribution >= 0.6 is 0 Å². The Balaban J connectivity index is 1.66. The van der Waals surface area contributed by atoms with E-state index in [-0.39, 0.29) is 6.42 Å². The molecule has 1 N–H and O–H groups in total. The van der Waals surface area contributed by atoms with Gasteiger partial charge in [-0.1, -0.05) is 48.5 Å². The topological polar surface area (TPSA) is 29.5 Å². The monoisotopic (exact) mass is 340 g/mol. The molecule has 25 heavy (non-hydrogen) atoms. The van der Waals surface area contributed by atoms with Crippen molar-refractivity contribution in [1.82, 2.24) is 0 Å². The first-order valence-electron chi connectivity index (χ1n) is 8.00. The summed E-state index contributed by atoms with van der Waals surface area (Å²) in [5, 5.41) is 10.4. The van der Waals surface area contributed by atoms with Crippen LogP contribution in [0.2, 0.25) is 0 Å². The van der Waals surface area contributed by atoms with E-state index in [4.69, 9.17) is 4.74 Å². The van der Waals surface area contributed by atoms with Crippen molar-refractivity contribution in [2.75, 3.05) is 0 Å². The van der Waals surface area contributed by atoms with Crippen molar-refractivity contribution in [3.05, 3.63) is 101 Å². The summed E-state index contributed by atoms with van der Waals surface area (Å²) in [5.41, 5.74) is 2.24. The molecule has 0 aliphatic carbocycles. The van der Waals surface area contributed by atoms with Gasteiger partial charge in [-0.15, -0.1) is 0 Å². The molecule has 0 aliphatic rings. The second-order valence-electron chi connectivity index (χ2n) is 5.82. The minimum absolute atomic E-state index is 0.194. The van der Waals surface area contributed by atoms with Crippen molar-refractivity contribution in [2.24, 2.45) is 0 Å². The highest BCUT2D eigenvalue weighted by atomic mass is 19.2. The summed E-state index contributed by atoms with van der Waals surface area (Å²) >= 11 is 0. The molecular weight excluding hydrogens is 322 g/mol. The number of halogens is 2. The lowest BCUT2D eigenvalue weighted by atomic mass is 10.0. The lowest BCUT2D eigenvalue weighted by Gasteiger charge is -2.13. The summed E-state index contributed by atoms with van der Waals surface area (Å²) in [5.74, 6) is -1.16. The molecule has 0 radical (unpaired) electrons. The average Bonchev–Trinajstić information content (AvgIpc) is 2.64. The molecular formula is C21H18F2O2. The summed E-state index contributed by atoms with van der Waals surface area (Å²) in [7, 11) is 0. The van der Waals surface area contributed by atoms with Gasteiger partial charge in [0.1, 0.15) is 12.4 Å². The molecule has 3 aromatic carbocycles. The van der Waals surface area contributed by atoms with Crippen LogP contribution in [0, 0.1) is 11.6 Å². The van der Waals surface area contributed by atoms with Gasteiger partial charge in [0, 0.05) is 6.42 Å². The largest absolute Gasteiger partial charge is 0.489 e. The van der Waals surface area contributed by atoms with Gasteiger partial charge in [-0.2, -0.15) is 0 Å². The fourth-order valence-electron chi connectivity index (χ4n) is 2.56. The Bertz CT molecular complexity index is 834. The zero-order valence-electron chi connectivity index (χ0n) is 13.5. The minimum Gasteiger partial charge on any atom is -0.489 e. The highest BCUT2D eigenvalue weighted by Crippen LogP contribution is 2.23. The first-order chi connectivity index (χ1) is 12.1. The Morgan fingerprint density at radius 1 is 0.800 bits per heavy atom. The third kappa shape index (κ3) is 4.64. The minimum atomic E-state index is -0.912. The van der Waals surface area contributed by atoms with E-state index in [2.05, 4.69) is 0 Å². The van der Waals surface area contributed by atoms with E-state index >= 15 is 0 Å². The van der Waals surface area contributed by atoms with Crippen LogP contribution in [-0.4, -0.2) is 5.11 Å². The van der Waals surface area contributed by atoms with Crippen LogP contribution in [0.5, 0.6) is 5.75 Å². The first-order valence-corrected chi connectivity index (χ1v) is 8.00. The van der Waals surface area contributed by atoms with Crippen LogP contribution in [0.4, 0.5) is 8.78 Å². The van der Waals surface area contributed by atoms with E-state index in [1.165, 1.54) is 6.07 Å². The molecule has 4 heteroatoms. The van der Waals surface area contributed by atoms with E-state index in [0.29, 0.717) is 23.5 Å². The lowest BCUT2D eigenvalue weighted by Crippen LogP contribution is -2.03. The van der Waals surface area contributed by atoms with Gasteiger partial charge in [-0.25, -0.2) is 8.78 Å². The quantitative estimate of drug-likeness (QED) is 0.697. The van der Waals surface area contributed by atoms with Crippen molar-refractivity contribution < 1.29 is 18.6 Å². The standard InChI is InChI=1S/C21H18F2O2/c22-19-10-9-16(11-20(19)23)12-21(24)17-7-4-8-18(13-17)25-14-15-5-2-1-3-6-15/h1-11,13,21,24H,12,14H2. The molecule has 0 saturated carbocycles. The number of rotatable bonds is 6. The fraction of sp³-hybridized carbons (Fsp3) is 0.143. The summed E-state index contributed by atoms with van der Waals surface area (Å²) in [6.07, 6.45) is -0.635. The third-order valence-electron chi connectivity index (χ3n) is 3.90. The average molecular weight is 340 g/mol. The Morgan fingerprint density at radius 3 is 2.36 bits per heavy atom. The van der Waals surface area contributed by atoms with Gasteiger partial charge >= 0.3 is 0 Å². The Hall–Kier alpha value is -2.72. The molecule has 0 fully saturated rings. The highest BCUT2D eigenvalue weighted by Gasteiger charge is 2.11.